The van der Waals surface area contributed by atoms with Gasteiger partial charge in [0.2, 0.25) is 5.91 Å². The number of hydrogen-bond acceptors (Lipinski definition) is 4. The molecule has 21 heavy (non-hydrogen) atoms. The smallest absolute Gasteiger partial charge is 0.354 e. The van der Waals surface area contributed by atoms with Gasteiger partial charge in [0.1, 0.15) is 11.7 Å². The van der Waals surface area contributed by atoms with Gasteiger partial charge < -0.3 is 10.4 Å². The van der Waals surface area contributed by atoms with Crippen LogP contribution in [0.5, 0.6) is 0 Å². The van der Waals surface area contributed by atoms with Crippen molar-refractivity contribution in [3.63, 3.8) is 0 Å². The number of carboxylic acids is 1. The number of rotatable bonds is 6. The predicted octanol–water partition coefficient (Wildman–Crippen LogP) is 0.675. The zero-order valence-corrected chi connectivity index (χ0v) is 11.9. The number of hydrogen-bond donors (Lipinski definition) is 2. The van der Waals surface area contributed by atoms with Crippen molar-refractivity contribution in [1.82, 2.24) is 24.9 Å². The largest absolute Gasteiger partial charge is 0.477 e. The lowest BCUT2D eigenvalue weighted by molar-refractivity contribution is -0.124. The second-order valence-electron chi connectivity index (χ2n) is 4.52. The Bertz CT molecular complexity index is 646. The van der Waals surface area contributed by atoms with E-state index in [-0.39, 0.29) is 11.6 Å². The Morgan fingerprint density at radius 1 is 1.43 bits per heavy atom. The molecule has 0 saturated carbocycles. The van der Waals surface area contributed by atoms with E-state index in [0.717, 1.165) is 12.2 Å². The van der Waals surface area contributed by atoms with Crippen LogP contribution in [-0.4, -0.2) is 36.5 Å². The van der Waals surface area contributed by atoms with Crippen LogP contribution in [-0.2, 0) is 17.9 Å². The second kappa shape index (κ2) is 6.21. The van der Waals surface area contributed by atoms with Gasteiger partial charge in [0.15, 0.2) is 0 Å². The number of carbonyl (C=O) groups is 2. The van der Waals surface area contributed by atoms with Crippen LogP contribution in [0.3, 0.4) is 0 Å². The van der Waals surface area contributed by atoms with Gasteiger partial charge in [0.05, 0.1) is 12.2 Å². The molecule has 0 saturated heterocycles. The van der Waals surface area contributed by atoms with Crippen LogP contribution in [0.4, 0.5) is 0 Å². The molecule has 0 bridgehead atoms. The maximum Gasteiger partial charge on any atom is 0.354 e. The van der Waals surface area contributed by atoms with Crippen molar-refractivity contribution in [2.45, 2.75) is 33.0 Å². The molecule has 1 unspecified atom stereocenters. The monoisotopic (exact) mass is 291 g/mol. The van der Waals surface area contributed by atoms with Crippen LogP contribution < -0.4 is 5.32 Å². The molecule has 8 heteroatoms. The molecule has 8 nitrogen and oxygen atoms in total. The highest BCUT2D eigenvalue weighted by molar-refractivity contribution is 5.87. The third-order valence-electron chi connectivity index (χ3n) is 3.10. The summed E-state index contributed by atoms with van der Waals surface area (Å²) in [5, 5.41) is 19.9. The first-order chi connectivity index (χ1) is 10.0. The van der Waals surface area contributed by atoms with Gasteiger partial charge in [0, 0.05) is 18.9 Å². The lowest BCUT2D eigenvalue weighted by atomic mass is 10.3. The molecule has 2 rings (SSSR count). The van der Waals surface area contributed by atoms with E-state index in [1.165, 1.54) is 16.9 Å². The third-order valence-corrected chi connectivity index (χ3v) is 3.10. The van der Waals surface area contributed by atoms with E-state index in [2.05, 4.69) is 15.5 Å². The molecule has 0 aliphatic carbocycles. The summed E-state index contributed by atoms with van der Waals surface area (Å²) < 4.78 is 2.95. The van der Waals surface area contributed by atoms with Crippen LogP contribution in [0.1, 0.15) is 36.1 Å². The van der Waals surface area contributed by atoms with Crippen molar-refractivity contribution in [3.8, 4) is 0 Å². The van der Waals surface area contributed by atoms with E-state index in [9.17, 15) is 9.59 Å². The highest BCUT2D eigenvalue weighted by Gasteiger charge is 2.21. The molecular formula is C13H17N5O3. The van der Waals surface area contributed by atoms with E-state index >= 15 is 0 Å². The van der Waals surface area contributed by atoms with E-state index in [4.69, 9.17) is 5.11 Å². The van der Waals surface area contributed by atoms with Crippen molar-refractivity contribution in [1.29, 1.82) is 0 Å². The molecule has 2 heterocycles. The lowest BCUT2D eigenvalue weighted by Gasteiger charge is -2.13. The quantitative estimate of drug-likeness (QED) is 0.814. The van der Waals surface area contributed by atoms with Gasteiger partial charge >= 0.3 is 5.97 Å². The fourth-order valence-electron chi connectivity index (χ4n) is 1.90. The van der Waals surface area contributed by atoms with Crippen molar-refractivity contribution in [2.75, 3.05) is 0 Å². The first-order valence-electron chi connectivity index (χ1n) is 6.59. The Labute approximate surface area is 121 Å². The minimum atomic E-state index is -1.12. The Kier molecular flexibility index (Phi) is 4.36. The Hall–Kier alpha value is -2.64. The SMILES string of the molecule is CCn1ccc(CNC(=O)C(C)n2nccc2C(=O)O)n1. The van der Waals surface area contributed by atoms with E-state index < -0.39 is 12.0 Å². The molecule has 0 radical (unpaired) electrons. The van der Waals surface area contributed by atoms with Crippen LogP contribution in [0, 0.1) is 0 Å². The number of nitrogens with one attached hydrogen (secondary N) is 1. The second-order valence-corrected chi connectivity index (χ2v) is 4.52. The Morgan fingerprint density at radius 3 is 2.81 bits per heavy atom. The number of aryl methyl sites for hydroxylation is 1. The summed E-state index contributed by atoms with van der Waals surface area (Å²) in [7, 11) is 0. The summed E-state index contributed by atoms with van der Waals surface area (Å²) >= 11 is 0. The topological polar surface area (TPSA) is 102 Å². The van der Waals surface area contributed by atoms with Gasteiger partial charge in [-0.1, -0.05) is 0 Å². The molecule has 2 N–H and O–H groups in total. The fraction of sp³-hybridized carbons (Fsp3) is 0.385. The van der Waals surface area contributed by atoms with Crippen LogP contribution in [0.15, 0.2) is 24.5 Å². The molecule has 112 valence electrons. The molecule has 0 fully saturated rings. The molecule has 0 spiro atoms. The summed E-state index contributed by atoms with van der Waals surface area (Å²) in [6.45, 7) is 4.63. The number of carbonyl (C=O) groups excluding carboxylic acids is 1. The van der Waals surface area contributed by atoms with Gasteiger partial charge in [0.25, 0.3) is 0 Å². The summed E-state index contributed by atoms with van der Waals surface area (Å²) in [5.74, 6) is -1.43. The summed E-state index contributed by atoms with van der Waals surface area (Å²) in [4.78, 5) is 23.1. The maximum atomic E-state index is 12.1. The minimum Gasteiger partial charge on any atom is -0.477 e. The van der Waals surface area contributed by atoms with Gasteiger partial charge in [-0.2, -0.15) is 10.2 Å². The first kappa shape index (κ1) is 14.8. The molecule has 2 aromatic rings. The maximum absolute atomic E-state index is 12.1. The van der Waals surface area contributed by atoms with Crippen LogP contribution in [0.25, 0.3) is 0 Å². The van der Waals surface area contributed by atoms with Gasteiger partial charge in [-0.3, -0.25) is 9.48 Å². The van der Waals surface area contributed by atoms with Crippen molar-refractivity contribution in [2.24, 2.45) is 0 Å². The standard InChI is InChI=1S/C13H17N5O3/c1-3-17-7-5-10(16-17)8-14-12(19)9(2)18-11(13(20)21)4-6-15-18/h4-7,9H,3,8H2,1-2H3,(H,14,19)(H,20,21). The van der Waals surface area contributed by atoms with E-state index in [1.807, 2.05) is 19.2 Å². The molecule has 0 aliphatic rings. The minimum absolute atomic E-state index is 0.0205. The van der Waals surface area contributed by atoms with Crippen molar-refractivity contribution in [3.05, 3.63) is 35.9 Å². The average Bonchev–Trinajstić information content (AvgIpc) is 3.12. The lowest BCUT2D eigenvalue weighted by Crippen LogP contribution is -2.32. The molecule has 0 aromatic carbocycles. The summed E-state index contributed by atoms with van der Waals surface area (Å²) in [6, 6.07) is 2.47. The number of nitrogens with zero attached hydrogens (tertiary/aromatic N) is 4. The Morgan fingerprint density at radius 2 is 2.19 bits per heavy atom. The van der Waals surface area contributed by atoms with E-state index in [1.54, 1.807) is 11.6 Å². The zero-order chi connectivity index (χ0) is 15.4. The first-order valence-corrected chi connectivity index (χ1v) is 6.59. The summed E-state index contributed by atoms with van der Waals surface area (Å²) in [5.41, 5.74) is 0.726. The van der Waals surface area contributed by atoms with E-state index in [0.29, 0.717) is 6.54 Å². The Balaban J connectivity index is 1.99. The summed E-state index contributed by atoms with van der Waals surface area (Å²) in [6.07, 6.45) is 3.19. The van der Waals surface area contributed by atoms with Crippen molar-refractivity contribution >= 4 is 11.9 Å². The number of amides is 1. The van der Waals surface area contributed by atoms with Gasteiger partial charge in [-0.05, 0) is 26.0 Å². The molecule has 0 aliphatic heterocycles. The molecule has 1 amide bonds. The number of aromatic carboxylic acids is 1. The number of carboxylic acid groups (broad SMARTS) is 1. The van der Waals surface area contributed by atoms with Crippen molar-refractivity contribution < 1.29 is 14.7 Å². The van der Waals surface area contributed by atoms with Crippen LogP contribution >= 0.6 is 0 Å². The van der Waals surface area contributed by atoms with Gasteiger partial charge in [-0.25, -0.2) is 9.48 Å². The zero-order valence-electron chi connectivity index (χ0n) is 11.9. The third kappa shape index (κ3) is 3.28. The predicted molar refractivity (Wildman–Crippen MR) is 73.6 cm³/mol. The highest BCUT2D eigenvalue weighted by atomic mass is 16.4. The molecular weight excluding hydrogens is 274 g/mol. The molecule has 2 aromatic heterocycles. The average molecular weight is 291 g/mol. The van der Waals surface area contributed by atoms with Gasteiger partial charge in [-0.15, -0.1) is 0 Å². The number of aromatic nitrogens is 4. The fourth-order valence-corrected chi connectivity index (χ4v) is 1.90. The highest BCUT2D eigenvalue weighted by Crippen LogP contribution is 2.09. The molecule has 1 atom stereocenters. The van der Waals surface area contributed by atoms with Crippen LogP contribution in [0.2, 0.25) is 0 Å². The normalized spacial score (nSPS) is 12.1.